The molecule has 0 fully saturated rings. The average molecular weight is 267 g/mol. The van der Waals surface area contributed by atoms with Crippen molar-refractivity contribution in [1.82, 2.24) is 4.98 Å². The molecule has 0 saturated carbocycles. The number of halogens is 1. The van der Waals surface area contributed by atoms with Crippen LogP contribution < -0.4 is 5.73 Å². The van der Waals surface area contributed by atoms with Gasteiger partial charge < -0.3 is 10.2 Å². The molecule has 1 aromatic carbocycles. The SMILES string of the molecule is Cc1nc(-c2ccccc2Br)oc1CN. The van der Waals surface area contributed by atoms with Gasteiger partial charge in [-0.25, -0.2) is 4.98 Å². The van der Waals surface area contributed by atoms with Crippen LogP contribution in [0.4, 0.5) is 0 Å². The predicted molar refractivity (Wildman–Crippen MR) is 62.3 cm³/mol. The van der Waals surface area contributed by atoms with Gasteiger partial charge in [-0.05, 0) is 35.0 Å². The van der Waals surface area contributed by atoms with E-state index in [0.717, 1.165) is 21.5 Å². The number of oxazole rings is 1. The van der Waals surface area contributed by atoms with Crippen molar-refractivity contribution in [2.24, 2.45) is 5.73 Å². The highest BCUT2D eigenvalue weighted by Crippen LogP contribution is 2.28. The fourth-order valence-corrected chi connectivity index (χ4v) is 1.82. The van der Waals surface area contributed by atoms with Gasteiger partial charge in [0, 0.05) is 4.47 Å². The van der Waals surface area contributed by atoms with Crippen molar-refractivity contribution in [2.45, 2.75) is 13.5 Å². The van der Waals surface area contributed by atoms with Crippen LogP contribution in [0.1, 0.15) is 11.5 Å². The topological polar surface area (TPSA) is 52.0 Å². The highest BCUT2D eigenvalue weighted by molar-refractivity contribution is 9.10. The molecule has 3 nitrogen and oxygen atoms in total. The zero-order valence-corrected chi connectivity index (χ0v) is 9.91. The van der Waals surface area contributed by atoms with Gasteiger partial charge in [-0.1, -0.05) is 12.1 Å². The van der Waals surface area contributed by atoms with Crippen LogP contribution in [0.15, 0.2) is 33.2 Å². The summed E-state index contributed by atoms with van der Waals surface area (Å²) in [7, 11) is 0. The zero-order valence-electron chi connectivity index (χ0n) is 8.33. The molecule has 0 aliphatic rings. The monoisotopic (exact) mass is 266 g/mol. The summed E-state index contributed by atoms with van der Waals surface area (Å²) in [6.07, 6.45) is 0. The molecular formula is C11H11BrN2O. The van der Waals surface area contributed by atoms with Gasteiger partial charge in [0.15, 0.2) is 0 Å². The molecule has 0 saturated heterocycles. The van der Waals surface area contributed by atoms with Crippen molar-refractivity contribution in [3.63, 3.8) is 0 Å². The van der Waals surface area contributed by atoms with Crippen molar-refractivity contribution in [2.75, 3.05) is 0 Å². The van der Waals surface area contributed by atoms with Crippen LogP contribution in [-0.4, -0.2) is 4.98 Å². The van der Waals surface area contributed by atoms with Gasteiger partial charge in [-0.3, -0.25) is 0 Å². The second-order valence-corrected chi connectivity index (χ2v) is 4.07. The van der Waals surface area contributed by atoms with Crippen LogP contribution in [0.25, 0.3) is 11.5 Å². The molecule has 0 unspecified atom stereocenters. The number of hydrogen-bond donors (Lipinski definition) is 1. The smallest absolute Gasteiger partial charge is 0.227 e. The minimum absolute atomic E-state index is 0.378. The first kappa shape index (κ1) is 10.4. The Hall–Kier alpha value is -1.13. The molecule has 0 bridgehead atoms. The predicted octanol–water partition coefficient (Wildman–Crippen LogP) is 2.87. The molecule has 2 aromatic rings. The summed E-state index contributed by atoms with van der Waals surface area (Å²) >= 11 is 3.46. The maximum absolute atomic E-state index is 5.56. The van der Waals surface area contributed by atoms with Crippen molar-refractivity contribution in [1.29, 1.82) is 0 Å². The van der Waals surface area contributed by atoms with E-state index in [1.54, 1.807) is 0 Å². The van der Waals surface area contributed by atoms with Crippen LogP contribution in [0.3, 0.4) is 0 Å². The third-order valence-corrected chi connectivity index (χ3v) is 2.87. The van der Waals surface area contributed by atoms with E-state index < -0.39 is 0 Å². The van der Waals surface area contributed by atoms with Crippen LogP contribution in [0, 0.1) is 6.92 Å². The van der Waals surface area contributed by atoms with Gasteiger partial charge >= 0.3 is 0 Å². The molecule has 2 N–H and O–H groups in total. The molecule has 4 heteroatoms. The van der Waals surface area contributed by atoms with E-state index in [1.807, 2.05) is 31.2 Å². The number of aryl methyl sites for hydroxylation is 1. The van der Waals surface area contributed by atoms with E-state index >= 15 is 0 Å². The highest BCUT2D eigenvalue weighted by atomic mass is 79.9. The molecule has 0 aliphatic heterocycles. The highest BCUT2D eigenvalue weighted by Gasteiger charge is 2.11. The number of hydrogen-bond acceptors (Lipinski definition) is 3. The van der Waals surface area contributed by atoms with Crippen LogP contribution in [0.5, 0.6) is 0 Å². The van der Waals surface area contributed by atoms with Crippen LogP contribution in [0.2, 0.25) is 0 Å². The summed E-state index contributed by atoms with van der Waals surface area (Å²) in [5.41, 5.74) is 7.33. The molecule has 0 spiro atoms. The Bertz CT molecular complexity index is 479. The maximum Gasteiger partial charge on any atom is 0.227 e. The van der Waals surface area contributed by atoms with Gasteiger partial charge in [-0.2, -0.15) is 0 Å². The van der Waals surface area contributed by atoms with E-state index in [2.05, 4.69) is 20.9 Å². The van der Waals surface area contributed by atoms with Crippen molar-refractivity contribution in [3.05, 3.63) is 40.2 Å². The Morgan fingerprint density at radius 1 is 1.40 bits per heavy atom. The fourth-order valence-electron chi connectivity index (χ4n) is 1.37. The second kappa shape index (κ2) is 4.16. The number of benzene rings is 1. The number of nitrogens with zero attached hydrogens (tertiary/aromatic N) is 1. The fraction of sp³-hybridized carbons (Fsp3) is 0.182. The van der Waals surface area contributed by atoms with E-state index in [9.17, 15) is 0 Å². The lowest BCUT2D eigenvalue weighted by Crippen LogP contribution is -1.95. The summed E-state index contributed by atoms with van der Waals surface area (Å²) < 4.78 is 6.53. The van der Waals surface area contributed by atoms with Gasteiger partial charge in [-0.15, -0.1) is 0 Å². The largest absolute Gasteiger partial charge is 0.439 e. The number of nitrogens with two attached hydrogens (primary N) is 1. The van der Waals surface area contributed by atoms with E-state index in [0.29, 0.717) is 12.4 Å². The molecular weight excluding hydrogens is 256 g/mol. The Kier molecular flexibility index (Phi) is 2.88. The molecule has 2 rings (SSSR count). The van der Waals surface area contributed by atoms with Gasteiger partial charge in [0.05, 0.1) is 17.8 Å². The van der Waals surface area contributed by atoms with Crippen molar-refractivity contribution >= 4 is 15.9 Å². The minimum Gasteiger partial charge on any atom is -0.439 e. The number of aromatic nitrogens is 1. The quantitative estimate of drug-likeness (QED) is 0.910. The lowest BCUT2D eigenvalue weighted by atomic mass is 10.2. The summed E-state index contributed by atoms with van der Waals surface area (Å²) in [5.74, 6) is 1.35. The first-order valence-electron chi connectivity index (χ1n) is 4.63. The van der Waals surface area contributed by atoms with E-state index in [1.165, 1.54) is 0 Å². The van der Waals surface area contributed by atoms with Crippen LogP contribution >= 0.6 is 15.9 Å². The van der Waals surface area contributed by atoms with E-state index in [4.69, 9.17) is 10.2 Å². The molecule has 15 heavy (non-hydrogen) atoms. The zero-order chi connectivity index (χ0) is 10.8. The maximum atomic E-state index is 5.56. The third kappa shape index (κ3) is 1.96. The Balaban J connectivity index is 2.50. The first-order chi connectivity index (χ1) is 7.22. The first-order valence-corrected chi connectivity index (χ1v) is 5.43. The average Bonchev–Trinajstić information content (AvgIpc) is 2.60. The lowest BCUT2D eigenvalue weighted by molar-refractivity contribution is 0.518. The Morgan fingerprint density at radius 3 is 2.73 bits per heavy atom. The molecule has 0 atom stereocenters. The Labute approximate surface area is 96.4 Å². The molecule has 78 valence electrons. The standard InChI is InChI=1S/C11H11BrN2O/c1-7-10(6-13)15-11(14-7)8-4-2-3-5-9(8)12/h2-5H,6,13H2,1H3. The van der Waals surface area contributed by atoms with Crippen molar-refractivity contribution < 1.29 is 4.42 Å². The van der Waals surface area contributed by atoms with Gasteiger partial charge in [0.25, 0.3) is 0 Å². The van der Waals surface area contributed by atoms with Gasteiger partial charge in [0.2, 0.25) is 5.89 Å². The lowest BCUT2D eigenvalue weighted by Gasteiger charge is -1.97. The molecule has 1 aromatic heterocycles. The molecule has 0 amide bonds. The second-order valence-electron chi connectivity index (χ2n) is 3.21. The summed E-state index contributed by atoms with van der Waals surface area (Å²) in [5, 5.41) is 0. The summed E-state index contributed by atoms with van der Waals surface area (Å²) in [6, 6.07) is 7.81. The van der Waals surface area contributed by atoms with Gasteiger partial charge in [0.1, 0.15) is 5.76 Å². The molecule has 1 heterocycles. The normalized spacial score (nSPS) is 10.6. The Morgan fingerprint density at radius 2 is 2.13 bits per heavy atom. The van der Waals surface area contributed by atoms with E-state index in [-0.39, 0.29) is 0 Å². The molecule has 0 radical (unpaired) electrons. The summed E-state index contributed by atoms with van der Waals surface area (Å²) in [6.45, 7) is 2.27. The van der Waals surface area contributed by atoms with Crippen LogP contribution in [-0.2, 0) is 6.54 Å². The minimum atomic E-state index is 0.378. The molecule has 0 aliphatic carbocycles. The summed E-state index contributed by atoms with van der Waals surface area (Å²) in [4.78, 5) is 4.34. The number of rotatable bonds is 2. The van der Waals surface area contributed by atoms with Crippen molar-refractivity contribution in [3.8, 4) is 11.5 Å². The third-order valence-electron chi connectivity index (χ3n) is 2.18.